The topological polar surface area (TPSA) is 268 Å². The summed E-state index contributed by atoms with van der Waals surface area (Å²) in [6, 6.07) is 5.40. The fraction of sp³-hybridized carbons (Fsp3) is 0.697. The predicted octanol–water partition coefficient (Wildman–Crippen LogP) is -1.46. The monoisotopic (exact) mass is 708 g/mol. The van der Waals surface area contributed by atoms with Crippen molar-refractivity contribution in [3.8, 4) is 0 Å². The molecule has 4 rings (SSSR count). The molecule has 0 saturated carbocycles. The molecule has 3 heterocycles. The molecule has 280 valence electrons. The number of anilines is 1. The number of nitrogens with two attached hydrogens (primary N) is 2. The van der Waals surface area contributed by atoms with E-state index in [4.69, 9.17) is 25.7 Å². The number of benzene rings is 1. The van der Waals surface area contributed by atoms with Gasteiger partial charge in [-0.25, -0.2) is 4.79 Å². The van der Waals surface area contributed by atoms with Crippen LogP contribution in [-0.2, 0) is 35.0 Å². The number of imide groups is 1. The molecule has 11 N–H and O–H groups in total. The maximum Gasteiger partial charge on any atom is 0.326 e. The molecule has 0 spiro atoms. The average molecular weight is 709 g/mol. The number of aliphatic hydroxyl groups is 4. The molecule has 3 aliphatic heterocycles. The molecule has 17 heteroatoms. The molecule has 50 heavy (non-hydrogen) atoms. The van der Waals surface area contributed by atoms with Crippen LogP contribution in [0.4, 0.5) is 10.5 Å². The molecule has 5 amide bonds. The van der Waals surface area contributed by atoms with E-state index in [-0.39, 0.29) is 44.8 Å². The number of aliphatic hydroxyl groups excluding tert-OH is 4. The second kappa shape index (κ2) is 18.8. The third kappa shape index (κ3) is 10.2. The van der Waals surface area contributed by atoms with E-state index < -0.39 is 79.1 Å². The average Bonchev–Trinajstić information content (AvgIpc) is 3.53. The van der Waals surface area contributed by atoms with Crippen LogP contribution >= 0.6 is 0 Å². The molecule has 17 nitrogen and oxygen atoms in total. The Morgan fingerprint density at radius 3 is 2.36 bits per heavy atom. The number of hydrogen-bond acceptors (Lipinski definition) is 13. The first-order valence-electron chi connectivity index (χ1n) is 17.4. The number of hydrogen-bond donors (Lipinski definition) is 9. The van der Waals surface area contributed by atoms with Crippen molar-refractivity contribution in [1.29, 1.82) is 0 Å². The second-order valence-electron chi connectivity index (χ2n) is 13.0. The molecule has 0 aromatic heterocycles. The number of carbonyl (C=O) groups excluding carboxylic acids is 4. The van der Waals surface area contributed by atoms with Crippen molar-refractivity contribution in [2.24, 2.45) is 11.5 Å². The van der Waals surface area contributed by atoms with Gasteiger partial charge in [-0.2, -0.15) is 0 Å². The van der Waals surface area contributed by atoms with E-state index in [1.807, 2.05) is 24.3 Å². The van der Waals surface area contributed by atoms with Gasteiger partial charge in [0, 0.05) is 31.6 Å². The molecule has 0 radical (unpaired) electrons. The van der Waals surface area contributed by atoms with Crippen LogP contribution < -0.4 is 27.4 Å². The molecule has 0 bridgehead atoms. The molecule has 0 aliphatic carbocycles. The highest BCUT2D eigenvalue weighted by molar-refractivity contribution is 5.96. The van der Waals surface area contributed by atoms with Crippen LogP contribution in [0.2, 0.25) is 0 Å². The smallest absolute Gasteiger partial charge is 0.326 e. The molecule has 1 aromatic carbocycles. The van der Waals surface area contributed by atoms with Crippen LogP contribution in [0.3, 0.4) is 0 Å². The zero-order chi connectivity index (χ0) is 36.4. The fourth-order valence-electron chi connectivity index (χ4n) is 6.35. The number of rotatable bonds is 19. The van der Waals surface area contributed by atoms with Crippen molar-refractivity contribution >= 4 is 29.4 Å². The largest absolute Gasteiger partial charge is 0.387 e. The minimum atomic E-state index is -1.74. The van der Waals surface area contributed by atoms with Crippen molar-refractivity contribution in [3.05, 3.63) is 29.8 Å². The summed E-state index contributed by atoms with van der Waals surface area (Å²) in [4.78, 5) is 50.7. The fourth-order valence-corrected chi connectivity index (χ4v) is 6.35. The predicted molar refractivity (Wildman–Crippen MR) is 178 cm³/mol. The lowest BCUT2D eigenvalue weighted by Gasteiger charge is -2.35. The summed E-state index contributed by atoms with van der Waals surface area (Å²) in [7, 11) is 0. The lowest BCUT2D eigenvalue weighted by atomic mass is 9.98. The number of urea groups is 1. The summed E-state index contributed by atoms with van der Waals surface area (Å²) >= 11 is 0. The number of ether oxygens (including phenoxy) is 3. The zero-order valence-corrected chi connectivity index (χ0v) is 28.3. The van der Waals surface area contributed by atoms with Gasteiger partial charge in [0.25, 0.3) is 0 Å². The number of primary amides is 1. The Labute approximate surface area is 291 Å². The van der Waals surface area contributed by atoms with E-state index in [9.17, 15) is 39.6 Å². The van der Waals surface area contributed by atoms with E-state index in [1.165, 1.54) is 31.2 Å². The first-order chi connectivity index (χ1) is 23.9. The maximum absolute atomic E-state index is 12.8. The third-order valence-corrected chi connectivity index (χ3v) is 9.22. The number of nitrogens with zero attached hydrogens (tertiary/aromatic N) is 1. The Bertz CT molecular complexity index is 1290. The highest BCUT2D eigenvalue weighted by atomic mass is 16.7. The van der Waals surface area contributed by atoms with Gasteiger partial charge >= 0.3 is 6.03 Å². The van der Waals surface area contributed by atoms with Crippen molar-refractivity contribution < 1.29 is 53.8 Å². The van der Waals surface area contributed by atoms with Crippen LogP contribution in [0.5, 0.6) is 0 Å². The highest BCUT2D eigenvalue weighted by Crippen LogP contribution is 2.32. The van der Waals surface area contributed by atoms with Gasteiger partial charge < -0.3 is 56.7 Å². The Balaban J connectivity index is 1.38. The summed E-state index contributed by atoms with van der Waals surface area (Å²) in [5.41, 5.74) is 13.2. The molecular formula is C33H52N6O11. The van der Waals surface area contributed by atoms with Gasteiger partial charge in [-0.05, 0) is 43.5 Å². The first kappa shape index (κ1) is 39.5. The van der Waals surface area contributed by atoms with Gasteiger partial charge in [0.15, 0.2) is 12.5 Å². The Morgan fingerprint density at radius 2 is 1.72 bits per heavy atom. The highest BCUT2D eigenvalue weighted by Gasteiger charge is 2.55. The summed E-state index contributed by atoms with van der Waals surface area (Å²) in [6.07, 6.45) is -6.37. The van der Waals surface area contributed by atoms with Crippen LogP contribution in [0, 0.1) is 0 Å². The number of amides is 5. The van der Waals surface area contributed by atoms with Crippen LogP contribution in [0.15, 0.2) is 24.3 Å². The summed E-state index contributed by atoms with van der Waals surface area (Å²) in [5, 5.41) is 50.8. The number of unbranched alkanes of at least 4 members (excludes halogenated alkanes) is 4. The standard InChI is InChI=1S/C33H52N6O11/c1-2-3-4-5-6-8-18-10-12-19(13-11-18)37-21(40)9-7-15-36-23(30(35)46)28(50-32-27(45)24(42)20(17-34)48-32)29-25(43)26(44)31(49-29)39-16-14-22(41)38-33(39)47/h10-13,20,23-29,31-32,36,42-45H,2-9,14-17,34H2,1H3,(H2,35,46)(H,37,40)(H,38,41,47)/t20-,23+,24-,25-,26?,27-,28+,29+,31-,32?/m1/s1. The minimum Gasteiger partial charge on any atom is -0.387 e. The van der Waals surface area contributed by atoms with Crippen LogP contribution in [-0.4, -0.2) is 130 Å². The van der Waals surface area contributed by atoms with Crippen molar-refractivity contribution in [1.82, 2.24) is 15.5 Å². The van der Waals surface area contributed by atoms with Crippen molar-refractivity contribution in [2.75, 3.05) is 25.0 Å². The maximum atomic E-state index is 12.8. The third-order valence-electron chi connectivity index (χ3n) is 9.22. The number of nitrogens with one attached hydrogen (secondary N) is 3. The molecule has 10 atom stereocenters. The minimum absolute atomic E-state index is 0.0609. The summed E-state index contributed by atoms with van der Waals surface area (Å²) in [6.45, 7) is 1.96. The van der Waals surface area contributed by atoms with Gasteiger partial charge in [0.05, 0.1) is 0 Å². The van der Waals surface area contributed by atoms with Gasteiger partial charge in [0.1, 0.15) is 48.8 Å². The van der Waals surface area contributed by atoms with Gasteiger partial charge in [0.2, 0.25) is 17.7 Å². The van der Waals surface area contributed by atoms with E-state index in [0.29, 0.717) is 5.69 Å². The molecular weight excluding hydrogens is 656 g/mol. The second-order valence-corrected chi connectivity index (χ2v) is 13.0. The molecule has 3 saturated heterocycles. The summed E-state index contributed by atoms with van der Waals surface area (Å²) < 4.78 is 17.4. The number of carbonyl (C=O) groups is 4. The van der Waals surface area contributed by atoms with Crippen molar-refractivity contribution in [3.63, 3.8) is 0 Å². The van der Waals surface area contributed by atoms with E-state index >= 15 is 0 Å². The van der Waals surface area contributed by atoms with Gasteiger partial charge in [-0.15, -0.1) is 0 Å². The Hall–Kier alpha value is -3.26. The normalized spacial score (nSPS) is 29.5. The van der Waals surface area contributed by atoms with E-state index in [1.54, 1.807) is 0 Å². The molecule has 3 aliphatic rings. The lowest BCUT2D eigenvalue weighted by Crippen LogP contribution is -2.59. The Morgan fingerprint density at radius 1 is 1.00 bits per heavy atom. The van der Waals surface area contributed by atoms with E-state index in [0.717, 1.165) is 17.7 Å². The number of aryl methyl sites for hydroxylation is 1. The molecule has 3 fully saturated rings. The zero-order valence-electron chi connectivity index (χ0n) is 28.3. The SMILES string of the molecule is CCCCCCCc1ccc(NC(=O)CCCN[C@H](C(N)=O)[C@H](OC2O[C@H](CN)[C@@H](O)[C@H]2O)[C@H]2O[C@@H](N3CCC(=O)NC3=O)C(O)[C@H]2O)cc1. The van der Waals surface area contributed by atoms with Gasteiger partial charge in [-0.3, -0.25) is 24.6 Å². The quantitative estimate of drug-likeness (QED) is 0.0745. The summed E-state index contributed by atoms with van der Waals surface area (Å²) in [5.74, 6) is -1.75. The van der Waals surface area contributed by atoms with E-state index in [2.05, 4.69) is 22.9 Å². The van der Waals surface area contributed by atoms with Crippen LogP contribution in [0.1, 0.15) is 63.9 Å². The van der Waals surface area contributed by atoms with Crippen LogP contribution in [0.25, 0.3) is 0 Å². The van der Waals surface area contributed by atoms with Gasteiger partial charge in [-0.1, -0.05) is 44.7 Å². The van der Waals surface area contributed by atoms with Crippen molar-refractivity contribution in [2.45, 2.75) is 126 Å². The first-order valence-corrected chi connectivity index (χ1v) is 17.4. The molecule has 2 unspecified atom stereocenters. The Kier molecular flexibility index (Phi) is 14.9. The molecule has 1 aromatic rings. The lowest BCUT2D eigenvalue weighted by molar-refractivity contribution is -0.227.